The van der Waals surface area contributed by atoms with Crippen molar-refractivity contribution in [3.63, 3.8) is 0 Å². The van der Waals surface area contributed by atoms with Gasteiger partial charge in [-0.05, 0) is 31.0 Å². The summed E-state index contributed by atoms with van der Waals surface area (Å²) in [6.45, 7) is -0.358. The summed E-state index contributed by atoms with van der Waals surface area (Å²) in [5.74, 6) is -1.63. The maximum Gasteiger partial charge on any atom is 0.340 e. The van der Waals surface area contributed by atoms with Crippen molar-refractivity contribution in [3.05, 3.63) is 34.6 Å². The van der Waals surface area contributed by atoms with Crippen molar-refractivity contribution in [2.24, 2.45) is 0 Å². The van der Waals surface area contributed by atoms with Crippen LogP contribution in [0.2, 0.25) is 5.02 Å². The molecule has 1 aliphatic carbocycles. The highest BCUT2D eigenvalue weighted by molar-refractivity contribution is 6.33. The summed E-state index contributed by atoms with van der Waals surface area (Å²) < 4.78 is 17.6. The Morgan fingerprint density at radius 1 is 1.44 bits per heavy atom. The summed E-state index contributed by atoms with van der Waals surface area (Å²) in [5.41, 5.74) is 0.0392. The number of ether oxygens (including phenoxy) is 1. The van der Waals surface area contributed by atoms with Crippen molar-refractivity contribution in [2.75, 3.05) is 6.61 Å². The highest BCUT2D eigenvalue weighted by Gasteiger charge is 2.23. The van der Waals surface area contributed by atoms with Gasteiger partial charge < -0.3 is 10.1 Å². The second-order valence-corrected chi connectivity index (χ2v) is 4.45. The maximum absolute atomic E-state index is 12.8. The molecule has 18 heavy (non-hydrogen) atoms. The van der Waals surface area contributed by atoms with Gasteiger partial charge in [0.05, 0.1) is 10.6 Å². The van der Waals surface area contributed by atoms with Gasteiger partial charge in [0.15, 0.2) is 6.61 Å². The van der Waals surface area contributed by atoms with Crippen LogP contribution < -0.4 is 5.32 Å². The molecule has 0 spiro atoms. The molecule has 0 bridgehead atoms. The van der Waals surface area contributed by atoms with Crippen LogP contribution in [0.15, 0.2) is 18.2 Å². The van der Waals surface area contributed by atoms with E-state index in [4.69, 9.17) is 16.3 Å². The standard InChI is InChI=1S/C12H11ClFNO3/c13-10-5-7(14)1-4-9(10)12(17)18-6-11(16)15-8-2-3-8/h1,4-5,8H,2-3,6H2,(H,15,16). The van der Waals surface area contributed by atoms with Crippen LogP contribution >= 0.6 is 11.6 Å². The minimum Gasteiger partial charge on any atom is -0.452 e. The third-order valence-electron chi connectivity index (χ3n) is 2.43. The summed E-state index contributed by atoms with van der Waals surface area (Å²) in [7, 11) is 0. The fourth-order valence-electron chi connectivity index (χ4n) is 1.36. The van der Waals surface area contributed by atoms with E-state index in [0.717, 1.165) is 25.0 Å². The number of nitrogens with one attached hydrogen (secondary N) is 1. The third kappa shape index (κ3) is 3.43. The average molecular weight is 272 g/mol. The number of hydrogen-bond donors (Lipinski definition) is 1. The molecule has 0 atom stereocenters. The number of carbonyl (C=O) groups excluding carboxylic acids is 2. The summed E-state index contributed by atoms with van der Waals surface area (Å²) in [6, 6.07) is 3.55. The molecule has 0 heterocycles. The van der Waals surface area contributed by atoms with E-state index in [0.29, 0.717) is 0 Å². The topological polar surface area (TPSA) is 55.4 Å². The quantitative estimate of drug-likeness (QED) is 0.851. The Morgan fingerprint density at radius 2 is 2.17 bits per heavy atom. The van der Waals surface area contributed by atoms with E-state index in [9.17, 15) is 14.0 Å². The highest BCUT2D eigenvalue weighted by atomic mass is 35.5. The molecule has 0 aromatic heterocycles. The molecule has 1 fully saturated rings. The predicted octanol–water partition coefficient (Wildman–Crippen LogP) is 1.91. The molecule has 1 aromatic rings. The number of rotatable bonds is 4. The third-order valence-corrected chi connectivity index (χ3v) is 2.74. The molecule has 96 valence electrons. The van der Waals surface area contributed by atoms with Crippen LogP contribution in [0.25, 0.3) is 0 Å². The zero-order chi connectivity index (χ0) is 13.1. The Balaban J connectivity index is 1.88. The Labute approximate surface area is 108 Å². The van der Waals surface area contributed by atoms with Gasteiger partial charge in [-0.1, -0.05) is 11.6 Å². The Bertz CT molecular complexity index is 488. The van der Waals surface area contributed by atoms with Crippen LogP contribution in [0, 0.1) is 5.82 Å². The Hall–Kier alpha value is -1.62. The van der Waals surface area contributed by atoms with Crippen molar-refractivity contribution < 1.29 is 18.7 Å². The largest absolute Gasteiger partial charge is 0.452 e. The Morgan fingerprint density at radius 3 is 2.78 bits per heavy atom. The fourth-order valence-corrected chi connectivity index (χ4v) is 1.61. The lowest BCUT2D eigenvalue weighted by molar-refractivity contribution is -0.124. The number of carbonyl (C=O) groups is 2. The van der Waals surface area contributed by atoms with Gasteiger partial charge in [-0.25, -0.2) is 9.18 Å². The van der Waals surface area contributed by atoms with Crippen molar-refractivity contribution in [1.29, 1.82) is 0 Å². The first-order chi connectivity index (χ1) is 8.56. The molecule has 1 aliphatic rings. The van der Waals surface area contributed by atoms with Crippen LogP contribution in [0.1, 0.15) is 23.2 Å². The fraction of sp³-hybridized carbons (Fsp3) is 0.333. The van der Waals surface area contributed by atoms with Gasteiger partial charge in [0.25, 0.3) is 5.91 Å². The van der Waals surface area contributed by atoms with Gasteiger partial charge in [0, 0.05) is 6.04 Å². The van der Waals surface area contributed by atoms with E-state index >= 15 is 0 Å². The predicted molar refractivity (Wildman–Crippen MR) is 62.9 cm³/mol. The maximum atomic E-state index is 12.8. The summed E-state index contributed by atoms with van der Waals surface area (Å²) in [6.07, 6.45) is 1.92. The van der Waals surface area contributed by atoms with Crippen LogP contribution in [-0.4, -0.2) is 24.5 Å². The lowest BCUT2D eigenvalue weighted by atomic mass is 10.2. The number of benzene rings is 1. The number of esters is 1. The van der Waals surface area contributed by atoms with E-state index in [1.807, 2.05) is 0 Å². The smallest absolute Gasteiger partial charge is 0.340 e. The van der Waals surface area contributed by atoms with Crippen LogP contribution in [0.3, 0.4) is 0 Å². The van der Waals surface area contributed by atoms with Gasteiger partial charge in [-0.15, -0.1) is 0 Å². The normalized spacial score (nSPS) is 14.1. The van der Waals surface area contributed by atoms with Crippen molar-refractivity contribution in [2.45, 2.75) is 18.9 Å². The lowest BCUT2D eigenvalue weighted by Crippen LogP contribution is -2.30. The lowest BCUT2D eigenvalue weighted by Gasteiger charge is -2.06. The van der Waals surface area contributed by atoms with Crippen molar-refractivity contribution in [1.82, 2.24) is 5.32 Å². The molecule has 2 rings (SSSR count). The molecule has 0 unspecified atom stereocenters. The van der Waals surface area contributed by atoms with Gasteiger partial charge >= 0.3 is 5.97 Å². The van der Waals surface area contributed by atoms with E-state index in [2.05, 4.69) is 5.32 Å². The molecule has 1 saturated carbocycles. The number of halogens is 2. The summed E-state index contributed by atoms with van der Waals surface area (Å²) in [4.78, 5) is 22.9. The van der Waals surface area contributed by atoms with E-state index in [1.54, 1.807) is 0 Å². The molecule has 1 amide bonds. The molecule has 1 N–H and O–H groups in total. The van der Waals surface area contributed by atoms with Gasteiger partial charge in [-0.2, -0.15) is 0 Å². The van der Waals surface area contributed by atoms with Gasteiger partial charge in [0.2, 0.25) is 0 Å². The molecule has 4 nitrogen and oxygen atoms in total. The second-order valence-electron chi connectivity index (χ2n) is 4.04. The van der Waals surface area contributed by atoms with Crippen molar-refractivity contribution in [3.8, 4) is 0 Å². The zero-order valence-electron chi connectivity index (χ0n) is 9.41. The van der Waals surface area contributed by atoms with Gasteiger partial charge in [0.1, 0.15) is 5.82 Å². The highest BCUT2D eigenvalue weighted by Crippen LogP contribution is 2.19. The molecule has 6 heteroatoms. The summed E-state index contributed by atoms with van der Waals surface area (Å²) in [5, 5.41) is 2.64. The SMILES string of the molecule is O=C(COC(=O)c1ccc(F)cc1Cl)NC1CC1. The van der Waals surface area contributed by atoms with Crippen LogP contribution in [-0.2, 0) is 9.53 Å². The molecule has 0 aliphatic heterocycles. The number of hydrogen-bond acceptors (Lipinski definition) is 3. The Kier molecular flexibility index (Phi) is 3.81. The molecular weight excluding hydrogens is 261 g/mol. The first-order valence-electron chi connectivity index (χ1n) is 5.48. The first-order valence-corrected chi connectivity index (χ1v) is 5.85. The second kappa shape index (κ2) is 5.35. The number of amides is 1. The van der Waals surface area contributed by atoms with E-state index in [1.165, 1.54) is 6.07 Å². The van der Waals surface area contributed by atoms with E-state index in [-0.39, 0.29) is 29.1 Å². The molecular formula is C12H11ClFNO3. The minimum atomic E-state index is -0.744. The molecule has 0 radical (unpaired) electrons. The minimum absolute atomic E-state index is 0.0392. The van der Waals surface area contributed by atoms with Crippen molar-refractivity contribution >= 4 is 23.5 Å². The van der Waals surface area contributed by atoms with Crippen LogP contribution in [0.4, 0.5) is 4.39 Å². The first kappa shape index (κ1) is 12.8. The summed E-state index contributed by atoms with van der Waals surface area (Å²) >= 11 is 5.69. The van der Waals surface area contributed by atoms with Crippen LogP contribution in [0.5, 0.6) is 0 Å². The zero-order valence-corrected chi connectivity index (χ0v) is 10.2. The average Bonchev–Trinajstić information content (AvgIpc) is 3.10. The van der Waals surface area contributed by atoms with E-state index < -0.39 is 11.8 Å². The van der Waals surface area contributed by atoms with Gasteiger partial charge in [-0.3, -0.25) is 4.79 Å². The monoisotopic (exact) mass is 271 g/mol. The molecule has 1 aromatic carbocycles. The molecule has 0 saturated heterocycles.